The highest BCUT2D eigenvalue weighted by atomic mass is 16.3. The Balaban J connectivity index is 0.000000313. The van der Waals surface area contributed by atoms with E-state index in [2.05, 4.69) is 30.3 Å². The number of aryl methyl sites for hydroxylation is 1. The number of benzene rings is 2. The Hall–Kier alpha value is -1.80. The predicted molar refractivity (Wildman–Crippen MR) is 96.1 cm³/mol. The molecule has 0 saturated carbocycles. The maximum Gasteiger partial charge on any atom is 0.115 e. The fourth-order valence-corrected chi connectivity index (χ4v) is 2.39. The Morgan fingerprint density at radius 3 is 1.57 bits per heavy atom. The lowest BCUT2D eigenvalue weighted by Crippen LogP contribution is -1.86. The third-order valence-corrected chi connectivity index (χ3v) is 3.71. The summed E-state index contributed by atoms with van der Waals surface area (Å²) in [7, 11) is 0. The van der Waals surface area contributed by atoms with Crippen LogP contribution >= 0.6 is 0 Å². The van der Waals surface area contributed by atoms with Crippen LogP contribution in [0.15, 0.2) is 60.7 Å². The van der Waals surface area contributed by atoms with Crippen LogP contribution in [0.1, 0.15) is 50.5 Å². The van der Waals surface area contributed by atoms with Crippen LogP contribution in [0.25, 0.3) is 0 Å². The molecular formula is C21H29O2. The van der Waals surface area contributed by atoms with E-state index < -0.39 is 0 Å². The summed E-state index contributed by atoms with van der Waals surface area (Å²) in [6.07, 6.45) is 9.69. The molecule has 0 aliphatic rings. The van der Waals surface area contributed by atoms with Gasteiger partial charge in [-0.1, -0.05) is 80.6 Å². The molecule has 0 aliphatic carbocycles. The molecule has 0 fully saturated rings. The maximum atomic E-state index is 10.2. The molecule has 0 saturated heterocycles. The fraction of sp³-hybridized carbons (Fsp3) is 0.429. The second kappa shape index (κ2) is 13.8. The molecule has 0 aliphatic heterocycles. The van der Waals surface area contributed by atoms with Crippen molar-refractivity contribution in [2.75, 3.05) is 6.61 Å². The van der Waals surface area contributed by atoms with Gasteiger partial charge in [0, 0.05) is 0 Å². The summed E-state index contributed by atoms with van der Waals surface area (Å²) in [4.78, 5) is 0. The summed E-state index contributed by atoms with van der Waals surface area (Å²) in [5, 5.41) is 18.9. The van der Waals surface area contributed by atoms with Crippen LogP contribution in [0.4, 0.5) is 0 Å². The molecule has 23 heavy (non-hydrogen) atoms. The first kappa shape index (κ1) is 19.2. The van der Waals surface area contributed by atoms with E-state index in [-0.39, 0.29) is 6.61 Å². The summed E-state index contributed by atoms with van der Waals surface area (Å²) in [5.41, 5.74) is 1.45. The minimum absolute atomic E-state index is 0.105. The fourth-order valence-electron chi connectivity index (χ4n) is 2.39. The molecule has 0 amide bonds. The van der Waals surface area contributed by atoms with Crippen molar-refractivity contribution < 1.29 is 10.2 Å². The first-order valence-corrected chi connectivity index (χ1v) is 8.69. The Morgan fingerprint density at radius 1 is 0.609 bits per heavy atom. The molecule has 0 heterocycles. The van der Waals surface area contributed by atoms with Gasteiger partial charge in [0.15, 0.2) is 0 Å². The highest BCUT2D eigenvalue weighted by Crippen LogP contribution is 2.10. The zero-order chi connectivity index (χ0) is 16.6. The number of rotatable bonds is 9. The van der Waals surface area contributed by atoms with Crippen LogP contribution in [0, 0.1) is 0 Å². The topological polar surface area (TPSA) is 40.1 Å². The summed E-state index contributed by atoms with van der Waals surface area (Å²) in [6, 6.07) is 19.4. The minimum Gasteiger partial charge on any atom is -0.508 e. The minimum atomic E-state index is 0.105. The van der Waals surface area contributed by atoms with Crippen molar-refractivity contribution in [1.82, 2.24) is 0 Å². The number of phenols is 1. The largest absolute Gasteiger partial charge is 0.508 e. The van der Waals surface area contributed by atoms with Gasteiger partial charge in [-0.2, -0.15) is 0 Å². The average molecular weight is 313 g/mol. The lowest BCUT2D eigenvalue weighted by atomic mass is 10.0. The molecule has 0 unspecified atom stereocenters. The first-order chi connectivity index (χ1) is 11.3. The van der Waals surface area contributed by atoms with Crippen LogP contribution in [0.3, 0.4) is 0 Å². The van der Waals surface area contributed by atoms with Gasteiger partial charge in [0.25, 0.3) is 0 Å². The maximum absolute atomic E-state index is 10.2. The molecule has 2 aromatic carbocycles. The van der Waals surface area contributed by atoms with Crippen LogP contribution in [-0.2, 0) is 11.5 Å². The standard InChI is InChI=1S/C15H23O.C6H6O/c16-14-10-5-3-1-2-4-7-11-15-12-8-6-9-13-15;7-6-4-2-1-3-5-6/h6,8-9,12-13H,1-5,7,10-11,14H2;1-5,7H. The zero-order valence-electron chi connectivity index (χ0n) is 14.0. The Kier molecular flexibility index (Phi) is 11.6. The van der Waals surface area contributed by atoms with Gasteiger partial charge in [0.2, 0.25) is 0 Å². The van der Waals surface area contributed by atoms with E-state index in [1.165, 1.54) is 44.1 Å². The quantitative estimate of drug-likeness (QED) is 0.585. The number of phenolic OH excluding ortho intramolecular Hbond substituents is 1. The molecule has 125 valence electrons. The summed E-state index contributed by atoms with van der Waals surface area (Å²) in [5.74, 6) is 0.322. The third-order valence-electron chi connectivity index (χ3n) is 3.71. The van der Waals surface area contributed by atoms with Gasteiger partial charge in [0.1, 0.15) is 5.75 Å². The van der Waals surface area contributed by atoms with Crippen LogP contribution in [0.5, 0.6) is 5.75 Å². The average Bonchev–Trinajstić information content (AvgIpc) is 2.59. The van der Waals surface area contributed by atoms with Crippen molar-refractivity contribution in [2.45, 2.75) is 51.4 Å². The molecule has 0 spiro atoms. The summed E-state index contributed by atoms with van der Waals surface area (Å²) < 4.78 is 0. The van der Waals surface area contributed by atoms with Crippen molar-refractivity contribution in [3.05, 3.63) is 66.2 Å². The highest BCUT2D eigenvalue weighted by Gasteiger charge is 1.93. The normalized spacial score (nSPS) is 9.96. The lowest BCUT2D eigenvalue weighted by molar-refractivity contribution is 0.186. The van der Waals surface area contributed by atoms with Gasteiger partial charge < -0.3 is 5.11 Å². The van der Waals surface area contributed by atoms with E-state index in [9.17, 15) is 5.11 Å². The van der Waals surface area contributed by atoms with E-state index in [0.29, 0.717) is 5.75 Å². The van der Waals surface area contributed by atoms with Gasteiger partial charge in [-0.25, -0.2) is 5.11 Å². The number of unbranched alkanes of at least 4 members (excludes halogenated alkanes) is 6. The van der Waals surface area contributed by atoms with E-state index in [4.69, 9.17) is 5.11 Å². The Labute approximate surface area is 140 Å². The molecule has 2 nitrogen and oxygen atoms in total. The molecule has 1 radical (unpaired) electrons. The van der Waals surface area contributed by atoms with Crippen molar-refractivity contribution in [3.63, 3.8) is 0 Å². The number of hydrogen-bond acceptors (Lipinski definition) is 1. The smallest absolute Gasteiger partial charge is 0.115 e. The van der Waals surface area contributed by atoms with Gasteiger partial charge >= 0.3 is 0 Å². The summed E-state index contributed by atoms with van der Waals surface area (Å²) in [6.45, 7) is 0.105. The van der Waals surface area contributed by atoms with Crippen molar-refractivity contribution in [1.29, 1.82) is 0 Å². The van der Waals surface area contributed by atoms with Crippen molar-refractivity contribution in [2.24, 2.45) is 0 Å². The molecule has 1 N–H and O–H groups in total. The third kappa shape index (κ3) is 11.4. The van der Waals surface area contributed by atoms with Crippen LogP contribution in [-0.4, -0.2) is 11.7 Å². The van der Waals surface area contributed by atoms with Gasteiger partial charge in [0.05, 0.1) is 6.61 Å². The van der Waals surface area contributed by atoms with Crippen molar-refractivity contribution in [3.8, 4) is 5.75 Å². The van der Waals surface area contributed by atoms with E-state index in [1.54, 1.807) is 24.3 Å². The molecule has 2 aromatic rings. The van der Waals surface area contributed by atoms with Gasteiger partial charge in [-0.15, -0.1) is 0 Å². The molecule has 2 rings (SSSR count). The van der Waals surface area contributed by atoms with Gasteiger partial charge in [-0.3, -0.25) is 0 Å². The van der Waals surface area contributed by atoms with Crippen molar-refractivity contribution >= 4 is 0 Å². The van der Waals surface area contributed by atoms with E-state index >= 15 is 0 Å². The second-order valence-corrected chi connectivity index (χ2v) is 5.75. The molecule has 2 heteroatoms. The summed E-state index contributed by atoms with van der Waals surface area (Å²) >= 11 is 0. The molecule has 0 atom stereocenters. The second-order valence-electron chi connectivity index (χ2n) is 5.75. The first-order valence-electron chi connectivity index (χ1n) is 8.69. The molecular weight excluding hydrogens is 284 g/mol. The lowest BCUT2D eigenvalue weighted by Gasteiger charge is -2.02. The van der Waals surface area contributed by atoms with Gasteiger partial charge in [-0.05, 0) is 37.0 Å². The molecule has 0 aromatic heterocycles. The number of aromatic hydroxyl groups is 1. The molecule has 0 bridgehead atoms. The van der Waals surface area contributed by atoms with Crippen LogP contribution in [0.2, 0.25) is 0 Å². The monoisotopic (exact) mass is 313 g/mol. The van der Waals surface area contributed by atoms with E-state index in [1.807, 2.05) is 6.07 Å². The number of para-hydroxylation sites is 1. The Bertz CT molecular complexity index is 468. The van der Waals surface area contributed by atoms with Crippen LogP contribution < -0.4 is 0 Å². The predicted octanol–water partition coefficient (Wildman–Crippen LogP) is 5.78. The SMILES string of the molecule is Oc1ccccc1.[O]CCCCCCCCCc1ccccc1. The highest BCUT2D eigenvalue weighted by molar-refractivity contribution is 5.18. The number of hydrogen-bond donors (Lipinski definition) is 1. The Morgan fingerprint density at radius 2 is 1.09 bits per heavy atom. The zero-order valence-corrected chi connectivity index (χ0v) is 14.0. The van der Waals surface area contributed by atoms with E-state index in [0.717, 1.165) is 12.8 Å².